The van der Waals surface area contributed by atoms with Crippen LogP contribution in [0.4, 0.5) is 29.1 Å². The fourth-order valence-electron chi connectivity index (χ4n) is 2.59. The Hall–Kier alpha value is -2.64. The molecule has 0 spiro atoms. The second-order valence-electron chi connectivity index (χ2n) is 5.70. The molecular weight excluding hydrogens is 336 g/mol. The minimum atomic E-state index is -4.44. The summed E-state index contributed by atoms with van der Waals surface area (Å²) in [6.45, 7) is 1.85. The van der Waals surface area contributed by atoms with Crippen LogP contribution in [0, 0.1) is 5.82 Å². The fourth-order valence-corrected chi connectivity index (χ4v) is 2.59. The lowest BCUT2D eigenvalue weighted by molar-refractivity contribution is -0.137. The Morgan fingerprint density at radius 2 is 1.88 bits per heavy atom. The maximum Gasteiger partial charge on any atom is 0.417 e. The lowest BCUT2D eigenvalue weighted by Crippen LogP contribution is -2.17. The topological polar surface area (TPSA) is 40.5 Å². The van der Waals surface area contributed by atoms with Gasteiger partial charge >= 0.3 is 6.18 Å². The zero-order valence-corrected chi connectivity index (χ0v) is 13.2. The number of alkyl halides is 3. The molecule has 0 amide bonds. The van der Waals surface area contributed by atoms with E-state index in [1.165, 1.54) is 12.3 Å². The number of hydrogen-bond acceptors (Lipinski definition) is 4. The predicted molar refractivity (Wildman–Crippen MR) is 88.3 cm³/mol. The highest BCUT2D eigenvalue weighted by Gasteiger charge is 2.30. The lowest BCUT2D eigenvalue weighted by atomic mass is 10.2. The zero-order chi connectivity index (χ0) is 17.9. The molecule has 2 heterocycles. The van der Waals surface area contributed by atoms with Gasteiger partial charge in [-0.2, -0.15) is 18.3 Å². The van der Waals surface area contributed by atoms with E-state index in [0.717, 1.165) is 43.8 Å². The van der Waals surface area contributed by atoms with Crippen molar-refractivity contribution in [2.45, 2.75) is 19.0 Å². The SMILES string of the molecule is Fc1cc(N2CCCC2)ccc1/C=N\Nc1ccc(C(F)(F)F)cn1. The van der Waals surface area contributed by atoms with E-state index in [1.807, 2.05) is 6.07 Å². The first-order valence-electron chi connectivity index (χ1n) is 7.80. The highest BCUT2D eigenvalue weighted by Crippen LogP contribution is 2.28. The molecule has 1 N–H and O–H groups in total. The molecule has 1 fully saturated rings. The Kier molecular flexibility index (Phi) is 4.87. The van der Waals surface area contributed by atoms with Gasteiger partial charge in [0, 0.05) is 30.5 Å². The summed E-state index contributed by atoms with van der Waals surface area (Å²) >= 11 is 0. The van der Waals surface area contributed by atoms with Gasteiger partial charge in [0.05, 0.1) is 11.8 Å². The molecule has 0 saturated carbocycles. The molecule has 0 radical (unpaired) electrons. The fraction of sp³-hybridized carbons (Fsp3) is 0.294. The predicted octanol–water partition coefficient (Wildman–Crippen LogP) is 4.29. The molecule has 0 aliphatic carbocycles. The third-order valence-corrected chi connectivity index (χ3v) is 3.93. The lowest BCUT2D eigenvalue weighted by Gasteiger charge is -2.17. The molecule has 0 unspecified atom stereocenters. The first-order chi connectivity index (χ1) is 11.9. The van der Waals surface area contributed by atoms with Crippen molar-refractivity contribution < 1.29 is 17.6 Å². The van der Waals surface area contributed by atoms with Gasteiger partial charge in [-0.05, 0) is 43.2 Å². The van der Waals surface area contributed by atoms with Gasteiger partial charge < -0.3 is 4.90 Å². The maximum atomic E-state index is 14.1. The molecular formula is C17H16F4N4. The number of hydrazone groups is 1. The van der Waals surface area contributed by atoms with Gasteiger partial charge in [0.25, 0.3) is 0 Å². The van der Waals surface area contributed by atoms with E-state index in [9.17, 15) is 17.6 Å². The van der Waals surface area contributed by atoms with E-state index in [4.69, 9.17) is 0 Å². The van der Waals surface area contributed by atoms with Crippen LogP contribution in [0.25, 0.3) is 0 Å². The molecule has 0 bridgehead atoms. The summed E-state index contributed by atoms with van der Waals surface area (Å²) in [6.07, 6.45) is -0.246. The quantitative estimate of drug-likeness (QED) is 0.507. The van der Waals surface area contributed by atoms with E-state index in [1.54, 1.807) is 6.07 Å². The number of benzene rings is 1. The van der Waals surface area contributed by atoms with Gasteiger partial charge in [0.1, 0.15) is 11.6 Å². The van der Waals surface area contributed by atoms with Crippen molar-refractivity contribution in [1.29, 1.82) is 0 Å². The summed E-state index contributed by atoms with van der Waals surface area (Å²) in [5.74, 6) is -0.270. The number of halogens is 4. The molecule has 3 rings (SSSR count). The number of hydrogen-bond donors (Lipinski definition) is 1. The van der Waals surface area contributed by atoms with Crippen LogP contribution in [0.1, 0.15) is 24.0 Å². The van der Waals surface area contributed by atoms with Crippen molar-refractivity contribution in [2.75, 3.05) is 23.4 Å². The number of rotatable bonds is 4. The number of anilines is 2. The van der Waals surface area contributed by atoms with Crippen molar-refractivity contribution in [1.82, 2.24) is 4.98 Å². The third kappa shape index (κ3) is 4.26. The van der Waals surface area contributed by atoms with Crippen LogP contribution in [0.3, 0.4) is 0 Å². The highest BCUT2D eigenvalue weighted by atomic mass is 19.4. The van der Waals surface area contributed by atoms with Crippen LogP contribution in [-0.2, 0) is 6.18 Å². The summed E-state index contributed by atoms with van der Waals surface area (Å²) in [5, 5.41) is 3.82. The second-order valence-corrected chi connectivity index (χ2v) is 5.70. The van der Waals surface area contributed by atoms with Gasteiger partial charge in [-0.1, -0.05) is 0 Å². The van der Waals surface area contributed by atoms with Crippen molar-refractivity contribution in [3.8, 4) is 0 Å². The van der Waals surface area contributed by atoms with E-state index in [0.29, 0.717) is 6.20 Å². The minimum absolute atomic E-state index is 0.137. The normalized spacial score (nSPS) is 15.1. The molecule has 1 aliphatic rings. The summed E-state index contributed by atoms with van der Waals surface area (Å²) in [5.41, 5.74) is 2.76. The Balaban J connectivity index is 1.64. The molecule has 1 aromatic heterocycles. The van der Waals surface area contributed by atoms with E-state index < -0.39 is 17.6 Å². The van der Waals surface area contributed by atoms with Crippen LogP contribution >= 0.6 is 0 Å². The Morgan fingerprint density at radius 1 is 1.12 bits per heavy atom. The molecule has 0 atom stereocenters. The minimum Gasteiger partial charge on any atom is -0.371 e. The molecule has 132 valence electrons. The van der Waals surface area contributed by atoms with Gasteiger partial charge in [0.15, 0.2) is 0 Å². The monoisotopic (exact) mass is 352 g/mol. The van der Waals surface area contributed by atoms with Crippen molar-refractivity contribution in [3.63, 3.8) is 0 Å². The smallest absolute Gasteiger partial charge is 0.371 e. The molecule has 1 aromatic carbocycles. The standard InChI is InChI=1S/C17H16F4N4/c18-15-9-14(25-7-1-2-8-25)5-3-12(15)10-23-24-16-6-4-13(11-22-16)17(19,20)21/h3-6,9-11H,1-2,7-8H2,(H,22,24)/b23-10-. The maximum absolute atomic E-state index is 14.1. The number of aromatic nitrogens is 1. The first kappa shape index (κ1) is 17.2. The summed E-state index contributed by atoms with van der Waals surface area (Å²) in [6, 6.07) is 6.97. The molecule has 25 heavy (non-hydrogen) atoms. The highest BCUT2D eigenvalue weighted by molar-refractivity contribution is 5.81. The summed E-state index contributed by atoms with van der Waals surface area (Å²) in [4.78, 5) is 5.74. The largest absolute Gasteiger partial charge is 0.417 e. The van der Waals surface area contributed by atoms with Crippen molar-refractivity contribution in [2.24, 2.45) is 5.10 Å². The van der Waals surface area contributed by atoms with E-state index >= 15 is 0 Å². The number of nitrogens with one attached hydrogen (secondary N) is 1. The Morgan fingerprint density at radius 3 is 2.48 bits per heavy atom. The van der Waals surface area contributed by atoms with Gasteiger partial charge in [-0.15, -0.1) is 0 Å². The van der Waals surface area contributed by atoms with Crippen LogP contribution in [0.15, 0.2) is 41.6 Å². The summed E-state index contributed by atoms with van der Waals surface area (Å²) < 4.78 is 51.5. The average Bonchev–Trinajstić information content (AvgIpc) is 3.10. The van der Waals surface area contributed by atoms with E-state index in [2.05, 4.69) is 20.4 Å². The second kappa shape index (κ2) is 7.08. The summed E-state index contributed by atoms with van der Waals surface area (Å²) in [7, 11) is 0. The van der Waals surface area contributed by atoms with Crippen LogP contribution < -0.4 is 10.3 Å². The van der Waals surface area contributed by atoms with E-state index in [-0.39, 0.29) is 11.4 Å². The molecule has 8 heteroatoms. The molecule has 2 aromatic rings. The average molecular weight is 352 g/mol. The number of pyridine rings is 1. The Bertz CT molecular complexity index is 750. The van der Waals surface area contributed by atoms with Crippen molar-refractivity contribution in [3.05, 3.63) is 53.5 Å². The van der Waals surface area contributed by atoms with Gasteiger partial charge in [-0.3, -0.25) is 5.43 Å². The first-order valence-corrected chi connectivity index (χ1v) is 7.80. The van der Waals surface area contributed by atoms with Gasteiger partial charge in [-0.25, -0.2) is 9.37 Å². The number of nitrogens with zero attached hydrogens (tertiary/aromatic N) is 3. The van der Waals surface area contributed by atoms with Crippen molar-refractivity contribution >= 4 is 17.7 Å². The molecule has 1 aliphatic heterocycles. The molecule has 4 nitrogen and oxygen atoms in total. The molecule has 1 saturated heterocycles. The van der Waals surface area contributed by atoms with Crippen LogP contribution in [0.5, 0.6) is 0 Å². The van der Waals surface area contributed by atoms with Gasteiger partial charge in [0.2, 0.25) is 0 Å². The third-order valence-electron chi connectivity index (χ3n) is 3.93. The van der Waals surface area contributed by atoms with Crippen LogP contribution in [-0.4, -0.2) is 24.3 Å². The zero-order valence-electron chi connectivity index (χ0n) is 13.2. The van der Waals surface area contributed by atoms with Crippen LogP contribution in [0.2, 0.25) is 0 Å². The Labute approximate surface area is 142 Å².